The summed E-state index contributed by atoms with van der Waals surface area (Å²) in [6.07, 6.45) is 1.03. The summed E-state index contributed by atoms with van der Waals surface area (Å²) in [6, 6.07) is 9.94. The third-order valence-electron chi connectivity index (χ3n) is 5.99. The molecular weight excluding hydrogens is 417 g/mol. The lowest BCUT2D eigenvalue weighted by Crippen LogP contribution is -2.38. The molecule has 0 atom stereocenters. The number of allylic oxidation sites excluding steroid dienone is 1. The van der Waals surface area contributed by atoms with E-state index in [4.69, 9.17) is 9.73 Å². The Morgan fingerprint density at radius 1 is 1.24 bits per heavy atom. The van der Waals surface area contributed by atoms with Crippen LogP contribution in [0.3, 0.4) is 0 Å². The minimum Gasteiger partial charge on any atom is -0.486 e. The highest BCUT2D eigenvalue weighted by Gasteiger charge is 2.25. The predicted molar refractivity (Wildman–Crippen MR) is 135 cm³/mol. The van der Waals surface area contributed by atoms with Crippen LogP contribution in [0.4, 0.5) is 15.8 Å². The van der Waals surface area contributed by atoms with E-state index < -0.39 is 5.82 Å². The monoisotopic (exact) mass is 449 g/mol. The summed E-state index contributed by atoms with van der Waals surface area (Å²) in [5.74, 6) is 0.337. The van der Waals surface area contributed by atoms with E-state index in [1.54, 1.807) is 7.05 Å². The fraction of sp³-hybridized carbons (Fsp3) is 0.385. The number of ether oxygens (including phenoxy) is 1. The van der Waals surface area contributed by atoms with Crippen LogP contribution in [0.1, 0.15) is 37.5 Å². The number of hydrogen-bond acceptors (Lipinski definition) is 4. The molecule has 2 aliphatic rings. The van der Waals surface area contributed by atoms with Crippen molar-refractivity contribution < 1.29 is 9.13 Å². The number of nitrogens with zero attached hydrogens (tertiary/aromatic N) is 3. The van der Waals surface area contributed by atoms with Crippen LogP contribution in [-0.4, -0.2) is 44.5 Å². The van der Waals surface area contributed by atoms with Crippen LogP contribution in [-0.2, 0) is 13.0 Å². The van der Waals surface area contributed by atoms with Crippen LogP contribution >= 0.6 is 0 Å². The zero-order valence-corrected chi connectivity index (χ0v) is 19.8. The second-order valence-electron chi connectivity index (χ2n) is 8.77. The maximum atomic E-state index is 15.0. The molecule has 0 radical (unpaired) electrons. The maximum Gasteiger partial charge on any atom is 0.222 e. The molecule has 0 fully saturated rings. The van der Waals surface area contributed by atoms with Gasteiger partial charge in [0.05, 0.1) is 17.9 Å². The molecule has 2 aliphatic heterocycles. The maximum absolute atomic E-state index is 15.0. The Hall–Kier alpha value is -3.19. The Morgan fingerprint density at radius 3 is 2.79 bits per heavy atom. The van der Waals surface area contributed by atoms with Gasteiger partial charge in [-0.2, -0.15) is 0 Å². The van der Waals surface area contributed by atoms with Crippen LogP contribution in [0.25, 0.3) is 0 Å². The number of halogens is 1. The van der Waals surface area contributed by atoms with E-state index >= 15 is 4.39 Å². The van der Waals surface area contributed by atoms with Gasteiger partial charge in [-0.3, -0.25) is 4.99 Å². The molecule has 2 N–H and O–H groups in total. The van der Waals surface area contributed by atoms with E-state index in [0.717, 1.165) is 36.5 Å². The number of hydrogen-bond donors (Lipinski definition) is 2. The van der Waals surface area contributed by atoms with Crippen LogP contribution in [0.5, 0.6) is 5.75 Å². The van der Waals surface area contributed by atoms with Gasteiger partial charge in [-0.05, 0) is 74.7 Å². The number of benzene rings is 2. The van der Waals surface area contributed by atoms with E-state index in [2.05, 4.69) is 53.1 Å². The van der Waals surface area contributed by atoms with Crippen LogP contribution in [0.2, 0.25) is 0 Å². The van der Waals surface area contributed by atoms with Gasteiger partial charge in [0.15, 0.2) is 11.6 Å². The van der Waals surface area contributed by atoms with E-state index in [1.165, 1.54) is 17.2 Å². The van der Waals surface area contributed by atoms with Gasteiger partial charge >= 0.3 is 0 Å². The molecule has 0 saturated heterocycles. The molecule has 0 bridgehead atoms. The molecule has 0 unspecified atom stereocenters. The Kier molecular flexibility index (Phi) is 6.79. The third-order valence-corrected chi connectivity index (χ3v) is 5.99. The highest BCUT2D eigenvalue weighted by atomic mass is 19.1. The molecule has 2 aromatic rings. The first kappa shape index (κ1) is 23.0. The zero-order chi connectivity index (χ0) is 23.5. The number of guanidine groups is 1. The Balaban J connectivity index is 1.68. The molecule has 7 heteroatoms. The zero-order valence-electron chi connectivity index (χ0n) is 19.8. The third kappa shape index (κ3) is 4.93. The summed E-state index contributed by atoms with van der Waals surface area (Å²) < 4.78 is 20.7. The molecule has 0 spiro atoms. The molecule has 33 heavy (non-hydrogen) atoms. The van der Waals surface area contributed by atoms with Gasteiger partial charge in [-0.1, -0.05) is 12.6 Å². The normalized spacial score (nSPS) is 16.2. The molecule has 0 aliphatic carbocycles. The average molecular weight is 450 g/mol. The Morgan fingerprint density at radius 2 is 2.06 bits per heavy atom. The Labute approximate surface area is 195 Å². The van der Waals surface area contributed by atoms with E-state index in [0.29, 0.717) is 36.1 Å². The van der Waals surface area contributed by atoms with Crippen LogP contribution in [0.15, 0.2) is 52.5 Å². The SMILES string of the molecule is C=C(C)/C(=N\C(=N/C)Nc1ccc2c(c1)CNCC2)c1cc(F)c2c(c1)N(C(C)C)CCO2. The topological polar surface area (TPSA) is 61.2 Å². The van der Waals surface area contributed by atoms with Gasteiger partial charge in [-0.15, -0.1) is 0 Å². The number of nitrogens with one attached hydrogen (secondary N) is 2. The minimum atomic E-state index is -0.396. The lowest BCUT2D eigenvalue weighted by Gasteiger charge is -2.35. The van der Waals surface area contributed by atoms with Gasteiger partial charge < -0.3 is 20.3 Å². The molecule has 6 nitrogen and oxygen atoms in total. The van der Waals surface area contributed by atoms with Crippen molar-refractivity contribution in [2.45, 2.75) is 39.8 Å². The smallest absolute Gasteiger partial charge is 0.222 e. The fourth-order valence-corrected chi connectivity index (χ4v) is 4.31. The summed E-state index contributed by atoms with van der Waals surface area (Å²) >= 11 is 0. The second kappa shape index (κ2) is 9.75. The van der Waals surface area contributed by atoms with Crippen molar-refractivity contribution in [3.8, 4) is 5.75 Å². The van der Waals surface area contributed by atoms with Gasteiger partial charge in [-0.25, -0.2) is 9.38 Å². The largest absolute Gasteiger partial charge is 0.486 e. The quantitative estimate of drug-likeness (QED) is 0.531. The number of anilines is 2. The first-order valence-corrected chi connectivity index (χ1v) is 11.4. The highest BCUT2D eigenvalue weighted by molar-refractivity contribution is 6.18. The van der Waals surface area contributed by atoms with Gasteiger partial charge in [0.2, 0.25) is 5.96 Å². The first-order valence-electron chi connectivity index (χ1n) is 11.4. The summed E-state index contributed by atoms with van der Waals surface area (Å²) in [5.41, 5.74) is 6.24. The molecule has 174 valence electrons. The second-order valence-corrected chi connectivity index (χ2v) is 8.77. The fourth-order valence-electron chi connectivity index (χ4n) is 4.31. The molecule has 2 aromatic carbocycles. The number of fused-ring (bicyclic) bond motifs is 2. The van der Waals surface area contributed by atoms with E-state index in [9.17, 15) is 0 Å². The molecule has 2 heterocycles. The minimum absolute atomic E-state index is 0.223. The van der Waals surface area contributed by atoms with Crippen molar-refractivity contribution in [1.29, 1.82) is 0 Å². The summed E-state index contributed by atoms with van der Waals surface area (Å²) in [6.45, 7) is 13.2. The lowest BCUT2D eigenvalue weighted by molar-refractivity contribution is 0.287. The summed E-state index contributed by atoms with van der Waals surface area (Å²) in [5, 5.41) is 6.70. The van der Waals surface area contributed by atoms with E-state index in [-0.39, 0.29) is 6.04 Å². The molecular formula is C26H32FN5O. The molecule has 0 amide bonds. The van der Waals surface area contributed by atoms with Crippen molar-refractivity contribution in [1.82, 2.24) is 5.32 Å². The summed E-state index contributed by atoms with van der Waals surface area (Å²) in [4.78, 5) is 11.2. The van der Waals surface area contributed by atoms with E-state index in [1.807, 2.05) is 19.1 Å². The lowest BCUT2D eigenvalue weighted by atomic mass is 10.0. The Bertz CT molecular complexity index is 1120. The molecule has 0 aromatic heterocycles. The van der Waals surface area contributed by atoms with Crippen LogP contribution < -0.4 is 20.3 Å². The summed E-state index contributed by atoms with van der Waals surface area (Å²) in [7, 11) is 1.68. The van der Waals surface area contributed by atoms with Gasteiger partial charge in [0.25, 0.3) is 0 Å². The standard InChI is InChI=1S/C26H32FN5O/c1-16(2)24(19-13-22(27)25-23(14-19)32(17(3)4)10-11-33-25)31-26(28-5)30-21-7-6-18-8-9-29-15-20(18)12-21/h6-7,12-14,17,29H,1,8-11,15H2,2-5H3,(H,28,30)/b31-24+. The highest BCUT2D eigenvalue weighted by Crippen LogP contribution is 2.37. The van der Waals surface area contributed by atoms with Gasteiger partial charge in [0.1, 0.15) is 6.61 Å². The van der Waals surface area contributed by atoms with Crippen molar-refractivity contribution in [3.63, 3.8) is 0 Å². The molecule has 0 saturated carbocycles. The average Bonchev–Trinajstić information content (AvgIpc) is 2.80. The first-order chi connectivity index (χ1) is 15.9. The van der Waals surface area contributed by atoms with Gasteiger partial charge in [0, 0.05) is 30.9 Å². The van der Waals surface area contributed by atoms with Crippen molar-refractivity contribution in [3.05, 3.63) is 65.0 Å². The molecule has 4 rings (SSSR count). The van der Waals surface area contributed by atoms with Crippen molar-refractivity contribution in [2.24, 2.45) is 9.98 Å². The predicted octanol–water partition coefficient (Wildman–Crippen LogP) is 4.54. The number of aliphatic imine (C=N–C) groups is 2. The van der Waals surface area contributed by atoms with Crippen LogP contribution in [0, 0.1) is 5.82 Å². The van der Waals surface area contributed by atoms with Crippen molar-refractivity contribution in [2.75, 3.05) is 37.0 Å². The number of rotatable bonds is 4. The van der Waals surface area contributed by atoms with Crippen molar-refractivity contribution >= 4 is 23.0 Å².